The second-order valence-electron chi connectivity index (χ2n) is 17.7. The van der Waals surface area contributed by atoms with Gasteiger partial charge in [-0.3, -0.25) is 18.3 Å². The van der Waals surface area contributed by atoms with Gasteiger partial charge in [0.05, 0.1) is 68.1 Å². The zero-order valence-electron chi connectivity index (χ0n) is 42.6. The van der Waals surface area contributed by atoms with Crippen LogP contribution in [0.15, 0.2) is 48.5 Å². The lowest BCUT2D eigenvalue weighted by Crippen LogP contribution is -2.25. The van der Waals surface area contributed by atoms with Gasteiger partial charge in [-0.25, -0.2) is 9.59 Å². The van der Waals surface area contributed by atoms with E-state index in [0.29, 0.717) is 22.9 Å². The van der Waals surface area contributed by atoms with E-state index in [-0.39, 0.29) is 42.5 Å². The Balaban J connectivity index is 0.00000106. The highest BCUT2D eigenvalue weighted by molar-refractivity contribution is 7.74. The minimum atomic E-state index is -3.98. The summed E-state index contributed by atoms with van der Waals surface area (Å²) in [5.41, 5.74) is 2.87. The van der Waals surface area contributed by atoms with Gasteiger partial charge in [0.15, 0.2) is 5.40 Å². The number of rotatable bonds is 25. The van der Waals surface area contributed by atoms with Gasteiger partial charge in [-0.05, 0) is 151 Å². The van der Waals surface area contributed by atoms with Crippen molar-refractivity contribution in [2.45, 2.75) is 179 Å². The monoisotopic (exact) mass is 998 g/mol. The molecule has 0 amide bonds. The Morgan fingerprint density at radius 1 is 0.462 bits per heavy atom. The maximum atomic E-state index is 14.1. The molecule has 0 bridgehead atoms. The number of hydrogen-bond acceptors (Lipinski definition) is 15. The van der Waals surface area contributed by atoms with Gasteiger partial charge >= 0.3 is 34.7 Å². The molecule has 0 saturated carbocycles. The molecular weight excluding hydrogens is 916 g/mol. The van der Waals surface area contributed by atoms with E-state index >= 15 is 0 Å². The van der Waals surface area contributed by atoms with E-state index in [1.807, 2.05) is 39.8 Å². The number of hydrogen-bond donors (Lipinski definition) is 0. The molecule has 0 aliphatic heterocycles. The fraction of sp³-hybridized carbons (Fsp3) is 0.696. The Morgan fingerprint density at radius 2 is 0.769 bits per heavy atom. The minimum Gasteiger partial charge on any atom is -0.465 e. The van der Waals surface area contributed by atoms with Crippen LogP contribution in [0.25, 0.3) is 0 Å². The van der Waals surface area contributed by atoms with Crippen LogP contribution in [0.3, 0.4) is 0 Å². The molecule has 0 spiro atoms. The molecule has 0 aromatic heterocycles. The topological polar surface area (TPSA) is 185 Å². The fourth-order valence-corrected chi connectivity index (χ4v) is 18.7. The lowest BCUT2D eigenvalue weighted by Gasteiger charge is -2.35. The van der Waals surface area contributed by atoms with E-state index in [1.54, 1.807) is 119 Å². The largest absolute Gasteiger partial charge is 0.465 e. The Bertz CT molecular complexity index is 1750. The number of carbonyl (C=O) groups excluding carboxylic acids is 2. The van der Waals surface area contributed by atoms with Crippen molar-refractivity contribution in [1.82, 2.24) is 0 Å². The molecule has 1 atom stereocenters. The molecule has 1 unspecified atom stereocenters. The highest BCUT2D eigenvalue weighted by Gasteiger charge is 2.53. The quantitative estimate of drug-likeness (QED) is 0.0675. The molecule has 0 saturated heterocycles. The van der Waals surface area contributed by atoms with E-state index in [4.69, 9.17) is 36.4 Å². The zero-order chi connectivity index (χ0) is 50.5. The Hall–Kier alpha value is -1.98. The minimum absolute atomic E-state index is 0.0366. The molecule has 19 heteroatoms. The van der Waals surface area contributed by atoms with Crippen LogP contribution in [0.1, 0.15) is 150 Å². The molecule has 0 aliphatic carbocycles. The average molecular weight is 999 g/mol. The fourth-order valence-electron chi connectivity index (χ4n) is 6.08. The molecule has 0 radical (unpaired) electrons. The predicted molar refractivity (Wildman–Crippen MR) is 261 cm³/mol. The normalized spacial score (nSPS) is 13.4. The second-order valence-corrected chi connectivity index (χ2v) is 27.4. The number of ether oxygens (including phenoxy) is 2. The van der Waals surface area contributed by atoms with Crippen molar-refractivity contribution in [3.8, 4) is 0 Å². The lowest BCUT2D eigenvalue weighted by molar-refractivity contribution is 0.0592. The van der Waals surface area contributed by atoms with Crippen LogP contribution in [0.2, 0.25) is 0 Å². The summed E-state index contributed by atoms with van der Waals surface area (Å²) in [6.07, 6.45) is -1.12. The first-order valence-corrected chi connectivity index (χ1v) is 29.3. The molecular formula is C46H82O15P4. The second kappa shape index (κ2) is 29.8. The van der Waals surface area contributed by atoms with Gasteiger partial charge in [-0.1, -0.05) is 45.0 Å². The Labute approximate surface area is 391 Å². The van der Waals surface area contributed by atoms with Gasteiger partial charge in [-0.15, -0.1) is 0 Å². The molecule has 0 aliphatic rings. The summed E-state index contributed by atoms with van der Waals surface area (Å²) in [6.45, 7) is 30.7. The molecule has 0 heterocycles. The van der Waals surface area contributed by atoms with Crippen molar-refractivity contribution in [3.63, 3.8) is 0 Å². The Morgan fingerprint density at radius 3 is 1.03 bits per heavy atom. The molecule has 0 fully saturated rings. The van der Waals surface area contributed by atoms with Crippen molar-refractivity contribution < 1.29 is 69.0 Å². The molecule has 0 N–H and O–H groups in total. The molecule has 65 heavy (non-hydrogen) atoms. The first-order chi connectivity index (χ1) is 29.9. The highest BCUT2D eigenvalue weighted by atomic mass is 31.2. The van der Waals surface area contributed by atoms with E-state index in [0.717, 1.165) is 6.42 Å². The van der Waals surface area contributed by atoms with Crippen LogP contribution in [-0.2, 0) is 72.2 Å². The van der Waals surface area contributed by atoms with Crippen molar-refractivity contribution in [2.24, 2.45) is 5.92 Å². The van der Waals surface area contributed by atoms with E-state index in [9.17, 15) is 27.8 Å². The van der Waals surface area contributed by atoms with E-state index in [2.05, 4.69) is 11.7 Å². The van der Waals surface area contributed by atoms with Crippen LogP contribution in [0.5, 0.6) is 0 Å². The lowest BCUT2D eigenvalue weighted by atomic mass is 10.1. The summed E-state index contributed by atoms with van der Waals surface area (Å²) in [6, 6.07) is 14.0. The van der Waals surface area contributed by atoms with Gasteiger partial charge in [-0.2, -0.15) is 0 Å². The van der Waals surface area contributed by atoms with Crippen LogP contribution in [0, 0.1) is 5.92 Å². The van der Waals surface area contributed by atoms with Crippen LogP contribution >= 0.6 is 30.2 Å². The molecule has 2 rings (SSSR count). The predicted octanol–water partition coefficient (Wildman–Crippen LogP) is 13.8. The first-order valence-electron chi connectivity index (χ1n) is 22.4. The van der Waals surface area contributed by atoms with Crippen molar-refractivity contribution in [2.75, 3.05) is 26.3 Å². The summed E-state index contributed by atoms with van der Waals surface area (Å²) in [4.78, 5) is 22.8. The average Bonchev–Trinajstić information content (AvgIpc) is 3.13. The van der Waals surface area contributed by atoms with Gasteiger partial charge in [0, 0.05) is 6.16 Å². The molecule has 2 aromatic carbocycles. The van der Waals surface area contributed by atoms with Gasteiger partial charge in [0.25, 0.3) is 0 Å². The standard InChI is InChI=1S/C22H38O8P2.C14H32O5P2.C10H12O2/c1-15(2)27-31(24,28-16(3)4)21(32(25,29-17(5)6)30-18(7)8)14-19-10-12-20(13-11-19)22(23)26-9;1-11(2)9-20(15,17-12(3)4)10-21(16,18-13(5)6)19-14(7)8;1-3-8-4-6-9(7-5-8)10(11)12-2/h10-13,15-18,21H,14H2,1-9H3;11-14H,9-10H2,1-8H3;4-7H,3H2,1-2H3. The van der Waals surface area contributed by atoms with Crippen LogP contribution < -0.4 is 0 Å². The molecule has 2 aromatic rings. The summed E-state index contributed by atoms with van der Waals surface area (Å²) in [5.74, 6) is -0.729. The molecule has 376 valence electrons. The number of methoxy groups -OCH3 is 2. The summed E-state index contributed by atoms with van der Waals surface area (Å²) < 4.78 is 103. The maximum absolute atomic E-state index is 14.1. The third kappa shape index (κ3) is 25.3. The van der Waals surface area contributed by atoms with Crippen molar-refractivity contribution in [3.05, 3.63) is 70.8 Å². The number of benzene rings is 2. The summed E-state index contributed by atoms with van der Waals surface area (Å²) in [5, 5.41) is -1.20. The maximum Gasteiger partial charge on any atom is 0.346 e. The number of carbonyl (C=O) groups is 2. The first kappa shape index (κ1) is 63.0. The van der Waals surface area contributed by atoms with Crippen LogP contribution in [0.4, 0.5) is 0 Å². The van der Waals surface area contributed by atoms with Crippen molar-refractivity contribution >= 4 is 42.1 Å². The highest BCUT2D eigenvalue weighted by Crippen LogP contribution is 2.72. The van der Waals surface area contributed by atoms with Gasteiger partial charge in [0.2, 0.25) is 7.37 Å². The zero-order valence-corrected chi connectivity index (χ0v) is 46.1. The number of aryl methyl sites for hydroxylation is 1. The smallest absolute Gasteiger partial charge is 0.346 e. The van der Waals surface area contributed by atoms with Gasteiger partial charge in [0.1, 0.15) is 5.90 Å². The number of esters is 2. The van der Waals surface area contributed by atoms with Gasteiger partial charge < -0.3 is 41.1 Å². The summed E-state index contributed by atoms with van der Waals surface area (Å²) >= 11 is 0. The third-order valence-corrected chi connectivity index (χ3v) is 21.0. The van der Waals surface area contributed by atoms with Crippen molar-refractivity contribution in [1.29, 1.82) is 0 Å². The Kier molecular flexibility index (Phi) is 28.9. The SMILES string of the molecule is CC(C)CP(=O)(CP(=O)(OC(C)C)OC(C)C)OC(C)C.CCc1ccc(C(=O)OC)cc1.COC(=O)c1ccc(CC(P(=O)(OC(C)C)OC(C)C)P(=O)(OC(C)C)OC(C)C)cc1. The van der Waals surface area contributed by atoms with Crippen LogP contribution in [-0.4, -0.2) is 86.4 Å². The van der Waals surface area contributed by atoms with E-state index < -0.39 is 65.9 Å². The summed E-state index contributed by atoms with van der Waals surface area (Å²) in [7, 11) is -11.8. The third-order valence-electron chi connectivity index (χ3n) is 7.92. The van der Waals surface area contributed by atoms with E-state index in [1.165, 1.54) is 19.8 Å². The molecule has 15 nitrogen and oxygen atoms in total.